The van der Waals surface area contributed by atoms with E-state index in [0.717, 1.165) is 18.9 Å². The van der Waals surface area contributed by atoms with Gasteiger partial charge in [-0.2, -0.15) is 0 Å². The molecule has 8 heteroatoms. The summed E-state index contributed by atoms with van der Waals surface area (Å²) >= 11 is 0. The summed E-state index contributed by atoms with van der Waals surface area (Å²) in [5.41, 5.74) is 2.53. The third-order valence-corrected chi connectivity index (χ3v) is 4.94. The lowest BCUT2D eigenvalue weighted by Gasteiger charge is -2.22. The van der Waals surface area contributed by atoms with E-state index in [4.69, 9.17) is 0 Å². The van der Waals surface area contributed by atoms with Crippen LogP contribution in [0.5, 0.6) is 0 Å². The van der Waals surface area contributed by atoms with Crippen LogP contribution in [-0.2, 0) is 23.0 Å². The van der Waals surface area contributed by atoms with Crippen molar-refractivity contribution in [2.75, 3.05) is 32.9 Å². The van der Waals surface area contributed by atoms with E-state index in [1.54, 1.807) is 14.0 Å². The van der Waals surface area contributed by atoms with Crippen LogP contribution < -0.4 is 10.0 Å². The monoisotopic (exact) mass is 468 g/mol. The first-order valence-corrected chi connectivity index (χ1v) is 9.54. The van der Waals surface area contributed by atoms with Crippen molar-refractivity contribution in [3.63, 3.8) is 0 Å². The fourth-order valence-corrected chi connectivity index (χ4v) is 2.71. The highest BCUT2D eigenvalue weighted by molar-refractivity contribution is 14.0. The fraction of sp³-hybridized carbons (Fsp3) is 0.562. The predicted molar refractivity (Wildman–Crippen MR) is 112 cm³/mol. The number of aliphatic imine (C=N–C) groups is 1. The Bertz CT molecular complexity index is 603. The molecule has 0 aliphatic rings. The quantitative estimate of drug-likeness (QED) is 0.264. The molecule has 1 rings (SSSR count). The molecule has 0 amide bonds. The summed E-state index contributed by atoms with van der Waals surface area (Å²) in [6.07, 6.45) is 1.03. The van der Waals surface area contributed by atoms with Crippen molar-refractivity contribution in [2.45, 2.75) is 26.8 Å². The zero-order chi connectivity index (χ0) is 17.3. The number of aryl methyl sites for hydroxylation is 1. The van der Waals surface area contributed by atoms with Gasteiger partial charge in [0, 0.05) is 33.7 Å². The molecule has 24 heavy (non-hydrogen) atoms. The maximum absolute atomic E-state index is 11.4. The number of hydrogen-bond acceptors (Lipinski definition) is 3. The first-order chi connectivity index (χ1) is 10.9. The third-order valence-electron chi connectivity index (χ3n) is 3.53. The predicted octanol–water partition coefficient (Wildman–Crippen LogP) is 1.81. The van der Waals surface area contributed by atoms with Gasteiger partial charge in [-0.3, -0.25) is 4.99 Å². The second-order valence-corrected chi connectivity index (χ2v) is 7.39. The van der Waals surface area contributed by atoms with Crippen molar-refractivity contribution < 1.29 is 8.42 Å². The van der Waals surface area contributed by atoms with Crippen LogP contribution in [0.1, 0.15) is 25.0 Å². The smallest absolute Gasteiger partial charge is 0.211 e. The maximum atomic E-state index is 11.4. The molecular weight excluding hydrogens is 439 g/mol. The number of halogens is 1. The molecule has 2 N–H and O–H groups in total. The van der Waals surface area contributed by atoms with E-state index >= 15 is 0 Å². The molecule has 0 atom stereocenters. The van der Waals surface area contributed by atoms with E-state index in [2.05, 4.69) is 46.2 Å². The van der Waals surface area contributed by atoms with E-state index < -0.39 is 10.0 Å². The molecule has 6 nitrogen and oxygen atoms in total. The van der Waals surface area contributed by atoms with Crippen LogP contribution in [0.25, 0.3) is 0 Å². The topological polar surface area (TPSA) is 73.8 Å². The SMILES string of the molecule is CCc1ccc(CN(C)C(=NC)NCCNS(=O)(=O)CC)cc1.I. The Morgan fingerprint density at radius 2 is 1.71 bits per heavy atom. The van der Waals surface area contributed by atoms with Gasteiger partial charge in [-0.25, -0.2) is 13.1 Å². The summed E-state index contributed by atoms with van der Waals surface area (Å²) < 4.78 is 25.2. The molecule has 0 radical (unpaired) electrons. The molecule has 0 saturated carbocycles. The summed E-state index contributed by atoms with van der Waals surface area (Å²) in [6.45, 7) is 5.33. The van der Waals surface area contributed by atoms with Crippen LogP contribution in [0.3, 0.4) is 0 Å². The minimum atomic E-state index is -3.14. The molecule has 0 bridgehead atoms. The van der Waals surface area contributed by atoms with Gasteiger partial charge in [-0.15, -0.1) is 24.0 Å². The minimum absolute atomic E-state index is 0. The lowest BCUT2D eigenvalue weighted by atomic mass is 10.1. The molecule has 1 aromatic rings. The molecule has 1 aromatic carbocycles. The molecule has 0 heterocycles. The fourth-order valence-electron chi connectivity index (χ4n) is 2.10. The standard InChI is InChI=1S/C16H28N4O2S.HI/c1-5-14-7-9-15(10-8-14)13-20(4)16(17-3)18-11-12-19-23(21,22)6-2;/h7-10,19H,5-6,11-13H2,1-4H3,(H,17,18);1H. The van der Waals surface area contributed by atoms with E-state index in [0.29, 0.717) is 13.1 Å². The number of sulfonamides is 1. The number of guanidine groups is 1. The van der Waals surface area contributed by atoms with Crippen LogP contribution in [-0.4, -0.2) is 52.2 Å². The highest BCUT2D eigenvalue weighted by Crippen LogP contribution is 2.07. The molecule has 0 saturated heterocycles. The Morgan fingerprint density at radius 3 is 2.21 bits per heavy atom. The maximum Gasteiger partial charge on any atom is 0.211 e. The van der Waals surface area contributed by atoms with Crippen molar-refractivity contribution >= 4 is 40.0 Å². The van der Waals surface area contributed by atoms with Crippen LogP contribution in [0.4, 0.5) is 0 Å². The molecule has 0 aliphatic carbocycles. The lowest BCUT2D eigenvalue weighted by Crippen LogP contribution is -2.42. The largest absolute Gasteiger partial charge is 0.355 e. The van der Waals surface area contributed by atoms with Gasteiger partial charge in [0.05, 0.1) is 5.75 Å². The van der Waals surface area contributed by atoms with E-state index in [-0.39, 0.29) is 29.7 Å². The zero-order valence-electron chi connectivity index (χ0n) is 14.9. The van der Waals surface area contributed by atoms with Gasteiger partial charge in [0.1, 0.15) is 0 Å². The van der Waals surface area contributed by atoms with E-state index in [1.165, 1.54) is 11.1 Å². The molecule has 138 valence electrons. The van der Waals surface area contributed by atoms with Gasteiger partial charge in [-0.05, 0) is 24.5 Å². The summed E-state index contributed by atoms with van der Waals surface area (Å²) in [5, 5.41) is 3.16. The number of nitrogens with zero attached hydrogens (tertiary/aromatic N) is 2. The van der Waals surface area contributed by atoms with Gasteiger partial charge in [0.15, 0.2) is 5.96 Å². The molecule has 0 spiro atoms. The highest BCUT2D eigenvalue weighted by Gasteiger charge is 2.08. The first kappa shape index (κ1) is 23.1. The van der Waals surface area contributed by atoms with Crippen molar-refractivity contribution in [3.8, 4) is 0 Å². The van der Waals surface area contributed by atoms with Gasteiger partial charge < -0.3 is 10.2 Å². The van der Waals surface area contributed by atoms with Crippen LogP contribution in [0, 0.1) is 0 Å². The Labute approximate surface area is 163 Å². The van der Waals surface area contributed by atoms with Gasteiger partial charge in [0.25, 0.3) is 0 Å². The van der Waals surface area contributed by atoms with E-state index in [9.17, 15) is 8.42 Å². The lowest BCUT2D eigenvalue weighted by molar-refractivity contribution is 0.477. The van der Waals surface area contributed by atoms with Gasteiger partial charge in [-0.1, -0.05) is 31.2 Å². The normalized spacial score (nSPS) is 11.8. The average Bonchev–Trinajstić information content (AvgIpc) is 2.55. The summed E-state index contributed by atoms with van der Waals surface area (Å²) in [6, 6.07) is 8.52. The molecule has 0 fully saturated rings. The highest BCUT2D eigenvalue weighted by atomic mass is 127. The molecule has 0 aliphatic heterocycles. The Kier molecular flexibility index (Phi) is 11.2. The molecular formula is C16H29IN4O2S. The summed E-state index contributed by atoms with van der Waals surface area (Å²) in [4.78, 5) is 6.24. The number of benzene rings is 1. The summed E-state index contributed by atoms with van der Waals surface area (Å²) in [5.74, 6) is 0.829. The van der Waals surface area contributed by atoms with Crippen molar-refractivity contribution in [1.82, 2.24) is 14.9 Å². The van der Waals surface area contributed by atoms with Crippen LogP contribution >= 0.6 is 24.0 Å². The Hall–Kier alpha value is -0.870. The van der Waals surface area contributed by atoms with Gasteiger partial charge in [0.2, 0.25) is 10.0 Å². The number of nitrogens with one attached hydrogen (secondary N) is 2. The zero-order valence-corrected chi connectivity index (χ0v) is 18.0. The second kappa shape index (κ2) is 11.6. The third kappa shape index (κ3) is 8.29. The van der Waals surface area contributed by atoms with Gasteiger partial charge >= 0.3 is 0 Å². The Balaban J connectivity index is 0.00000529. The second-order valence-electron chi connectivity index (χ2n) is 5.30. The number of hydrogen-bond donors (Lipinski definition) is 2. The Morgan fingerprint density at radius 1 is 1.12 bits per heavy atom. The molecule has 0 unspecified atom stereocenters. The van der Waals surface area contributed by atoms with Crippen molar-refractivity contribution in [3.05, 3.63) is 35.4 Å². The minimum Gasteiger partial charge on any atom is -0.355 e. The van der Waals surface area contributed by atoms with Crippen LogP contribution in [0.2, 0.25) is 0 Å². The molecule has 0 aromatic heterocycles. The van der Waals surface area contributed by atoms with Crippen LogP contribution in [0.15, 0.2) is 29.3 Å². The average molecular weight is 468 g/mol. The van der Waals surface area contributed by atoms with Crippen molar-refractivity contribution in [2.24, 2.45) is 4.99 Å². The first-order valence-electron chi connectivity index (χ1n) is 7.88. The van der Waals surface area contributed by atoms with Crippen molar-refractivity contribution in [1.29, 1.82) is 0 Å². The number of rotatable bonds is 8. The van der Waals surface area contributed by atoms with E-state index in [1.807, 2.05) is 11.9 Å². The summed E-state index contributed by atoms with van der Waals surface area (Å²) in [7, 11) is 0.532.